The maximum Gasteiger partial charge on any atom is 0.407 e. The van der Waals surface area contributed by atoms with Gasteiger partial charge in [-0.2, -0.15) is 0 Å². The highest BCUT2D eigenvalue weighted by atomic mass is 16.5. The Morgan fingerprint density at radius 1 is 1.03 bits per heavy atom. The summed E-state index contributed by atoms with van der Waals surface area (Å²) in [6, 6.07) is 16.1. The third kappa shape index (κ3) is 5.58. The summed E-state index contributed by atoms with van der Waals surface area (Å²) in [5.41, 5.74) is 4.74. The lowest BCUT2D eigenvalue weighted by Gasteiger charge is -2.18. The molecule has 0 aliphatic heterocycles. The van der Waals surface area contributed by atoms with E-state index in [0.717, 1.165) is 12.8 Å². The molecular weight excluding hydrogens is 432 g/mol. The third-order valence-electron chi connectivity index (χ3n) is 6.96. The van der Waals surface area contributed by atoms with Gasteiger partial charge in [0.2, 0.25) is 5.91 Å². The van der Waals surface area contributed by atoms with Crippen LogP contribution >= 0.6 is 0 Å². The molecule has 2 aromatic rings. The molecule has 2 amide bonds. The molecule has 180 valence electrons. The fraction of sp³-hybridized carbons (Fsp3) is 0.444. The molecule has 1 unspecified atom stereocenters. The Balaban J connectivity index is 1.24. The van der Waals surface area contributed by atoms with E-state index in [0.29, 0.717) is 19.3 Å². The fourth-order valence-electron chi connectivity index (χ4n) is 5.26. The van der Waals surface area contributed by atoms with Crippen LogP contribution in [0.1, 0.15) is 62.5 Å². The Labute approximate surface area is 199 Å². The van der Waals surface area contributed by atoms with Crippen LogP contribution in [-0.2, 0) is 14.3 Å². The molecule has 7 nitrogen and oxygen atoms in total. The van der Waals surface area contributed by atoms with Gasteiger partial charge in [-0.25, -0.2) is 4.79 Å². The van der Waals surface area contributed by atoms with Gasteiger partial charge in [-0.05, 0) is 53.9 Å². The topological polar surface area (TPSA) is 105 Å². The molecule has 0 aromatic heterocycles. The van der Waals surface area contributed by atoms with Crippen LogP contribution in [-0.4, -0.2) is 41.8 Å². The smallest absolute Gasteiger partial charge is 0.407 e. The van der Waals surface area contributed by atoms with Crippen molar-refractivity contribution in [2.24, 2.45) is 5.92 Å². The van der Waals surface area contributed by atoms with E-state index >= 15 is 0 Å². The molecule has 3 atom stereocenters. The van der Waals surface area contributed by atoms with Gasteiger partial charge in [0.05, 0.1) is 6.42 Å². The predicted octanol–water partition coefficient (Wildman–Crippen LogP) is 4.45. The van der Waals surface area contributed by atoms with E-state index in [2.05, 4.69) is 34.9 Å². The first-order chi connectivity index (χ1) is 16.4. The second-order valence-corrected chi connectivity index (χ2v) is 9.32. The van der Waals surface area contributed by atoms with Gasteiger partial charge in [-0.3, -0.25) is 9.59 Å². The van der Waals surface area contributed by atoms with E-state index < -0.39 is 12.1 Å². The lowest BCUT2D eigenvalue weighted by Crippen LogP contribution is -2.37. The molecule has 4 rings (SSSR count). The van der Waals surface area contributed by atoms with Crippen molar-refractivity contribution in [2.75, 3.05) is 6.61 Å². The van der Waals surface area contributed by atoms with Crippen LogP contribution < -0.4 is 10.6 Å². The first-order valence-corrected chi connectivity index (χ1v) is 12.1. The largest absolute Gasteiger partial charge is 0.481 e. The molecule has 0 spiro atoms. The zero-order valence-corrected chi connectivity index (χ0v) is 19.5. The van der Waals surface area contributed by atoms with E-state index in [1.54, 1.807) is 0 Å². The number of amides is 2. The van der Waals surface area contributed by atoms with Gasteiger partial charge >= 0.3 is 12.1 Å². The number of rotatable bonds is 9. The van der Waals surface area contributed by atoms with Crippen LogP contribution in [0, 0.1) is 5.92 Å². The number of aliphatic carboxylic acids is 1. The fourth-order valence-corrected chi connectivity index (χ4v) is 5.26. The number of carboxylic acids is 1. The number of alkyl carbamates (subject to hydrolysis) is 1. The predicted molar refractivity (Wildman–Crippen MR) is 128 cm³/mol. The molecule has 7 heteroatoms. The summed E-state index contributed by atoms with van der Waals surface area (Å²) in [5, 5.41) is 14.7. The molecule has 2 aromatic carbocycles. The molecule has 2 aliphatic rings. The highest BCUT2D eigenvalue weighted by Crippen LogP contribution is 2.44. The molecule has 1 saturated carbocycles. The number of fused-ring (bicyclic) bond motifs is 3. The number of hydrogen-bond donors (Lipinski definition) is 3. The average molecular weight is 465 g/mol. The maximum absolute atomic E-state index is 12.5. The molecule has 34 heavy (non-hydrogen) atoms. The van der Waals surface area contributed by atoms with Crippen LogP contribution in [0.15, 0.2) is 48.5 Å². The van der Waals surface area contributed by atoms with Crippen molar-refractivity contribution in [3.63, 3.8) is 0 Å². The molecule has 0 heterocycles. The lowest BCUT2D eigenvalue weighted by atomic mass is 9.98. The van der Waals surface area contributed by atoms with Gasteiger partial charge in [-0.15, -0.1) is 0 Å². The monoisotopic (exact) mass is 464 g/mol. The highest BCUT2D eigenvalue weighted by molar-refractivity contribution is 5.79. The Morgan fingerprint density at radius 2 is 1.68 bits per heavy atom. The molecule has 2 aliphatic carbocycles. The second-order valence-electron chi connectivity index (χ2n) is 9.32. The summed E-state index contributed by atoms with van der Waals surface area (Å²) in [4.78, 5) is 35.7. The summed E-state index contributed by atoms with van der Waals surface area (Å²) in [6.07, 6.45) is 2.79. The minimum Gasteiger partial charge on any atom is -0.481 e. The van der Waals surface area contributed by atoms with Crippen molar-refractivity contribution in [1.29, 1.82) is 0 Å². The highest BCUT2D eigenvalue weighted by Gasteiger charge is 2.31. The van der Waals surface area contributed by atoms with Crippen molar-refractivity contribution in [2.45, 2.75) is 63.5 Å². The standard InChI is InChI=1S/C27H32N2O5/c1-2-18(15-26(31)32)28-25(30)14-17-11-12-19(13-17)29-27(33)34-16-24-22-9-5-3-7-20(22)21-8-4-6-10-23(21)24/h3-10,17-19,24H,2,11-16H2,1H3,(H,28,30)(H,29,33)(H,31,32)/t17-,18?,19+/m0/s1. The number of carboxylic acid groups (broad SMARTS) is 1. The first kappa shape index (κ1) is 23.8. The molecule has 0 bridgehead atoms. The Hall–Kier alpha value is -3.35. The molecule has 0 radical (unpaired) electrons. The normalized spacial score (nSPS) is 19.7. The van der Waals surface area contributed by atoms with Crippen molar-refractivity contribution >= 4 is 18.0 Å². The Morgan fingerprint density at radius 3 is 2.29 bits per heavy atom. The van der Waals surface area contributed by atoms with Crippen LogP contribution in [0.4, 0.5) is 4.79 Å². The van der Waals surface area contributed by atoms with Crippen molar-refractivity contribution in [3.8, 4) is 11.1 Å². The minimum absolute atomic E-state index is 0.0190. The lowest BCUT2D eigenvalue weighted by molar-refractivity contribution is -0.137. The van der Waals surface area contributed by atoms with E-state index in [-0.39, 0.29) is 42.9 Å². The van der Waals surface area contributed by atoms with E-state index in [1.807, 2.05) is 31.2 Å². The molecule has 1 fully saturated rings. The van der Waals surface area contributed by atoms with E-state index in [1.165, 1.54) is 22.3 Å². The SMILES string of the molecule is CCC(CC(=O)O)NC(=O)C[C@H]1CC[C@@H](NC(=O)OCC2c3ccccc3-c3ccccc32)C1. The second kappa shape index (κ2) is 10.7. The van der Waals surface area contributed by atoms with E-state index in [4.69, 9.17) is 9.84 Å². The van der Waals surface area contributed by atoms with Crippen LogP contribution in [0.25, 0.3) is 11.1 Å². The van der Waals surface area contributed by atoms with Gasteiger partial charge in [0.15, 0.2) is 0 Å². The Bertz CT molecular complexity index is 1010. The van der Waals surface area contributed by atoms with Crippen molar-refractivity contribution in [1.82, 2.24) is 10.6 Å². The van der Waals surface area contributed by atoms with Gasteiger partial charge in [0.25, 0.3) is 0 Å². The summed E-state index contributed by atoms with van der Waals surface area (Å²) < 4.78 is 5.64. The van der Waals surface area contributed by atoms with Crippen LogP contribution in [0.2, 0.25) is 0 Å². The zero-order valence-electron chi connectivity index (χ0n) is 19.5. The number of nitrogens with one attached hydrogen (secondary N) is 2. The van der Waals surface area contributed by atoms with E-state index in [9.17, 15) is 14.4 Å². The number of hydrogen-bond acceptors (Lipinski definition) is 4. The summed E-state index contributed by atoms with van der Waals surface area (Å²) in [6.45, 7) is 2.14. The number of ether oxygens (including phenoxy) is 1. The first-order valence-electron chi connectivity index (χ1n) is 12.1. The Kier molecular flexibility index (Phi) is 7.50. The molecule has 0 saturated heterocycles. The number of carbonyl (C=O) groups is 3. The quantitative estimate of drug-likeness (QED) is 0.508. The summed E-state index contributed by atoms with van der Waals surface area (Å²) in [7, 11) is 0. The number of benzene rings is 2. The number of carbonyl (C=O) groups excluding carboxylic acids is 2. The van der Waals surface area contributed by atoms with Gasteiger partial charge in [-0.1, -0.05) is 55.5 Å². The zero-order chi connectivity index (χ0) is 24.1. The summed E-state index contributed by atoms with van der Waals surface area (Å²) in [5.74, 6) is -0.850. The maximum atomic E-state index is 12.5. The molecule has 3 N–H and O–H groups in total. The molecular formula is C27H32N2O5. The summed E-state index contributed by atoms with van der Waals surface area (Å²) >= 11 is 0. The van der Waals surface area contributed by atoms with Crippen LogP contribution in [0.5, 0.6) is 0 Å². The van der Waals surface area contributed by atoms with Crippen molar-refractivity contribution < 1.29 is 24.2 Å². The third-order valence-corrected chi connectivity index (χ3v) is 6.96. The van der Waals surface area contributed by atoms with Gasteiger partial charge < -0.3 is 20.5 Å². The van der Waals surface area contributed by atoms with Gasteiger partial charge in [0.1, 0.15) is 6.61 Å². The van der Waals surface area contributed by atoms with Crippen LogP contribution in [0.3, 0.4) is 0 Å². The van der Waals surface area contributed by atoms with Crippen molar-refractivity contribution in [3.05, 3.63) is 59.7 Å². The minimum atomic E-state index is -0.916. The van der Waals surface area contributed by atoms with Gasteiger partial charge in [0, 0.05) is 24.4 Å². The average Bonchev–Trinajstić information content (AvgIpc) is 3.38.